The van der Waals surface area contributed by atoms with Crippen LogP contribution in [0.4, 0.5) is 10.5 Å². The Morgan fingerprint density at radius 1 is 1.43 bits per heavy atom. The average molecular weight is 281 g/mol. The minimum atomic E-state index is -0.831. The van der Waals surface area contributed by atoms with Crippen LogP contribution in [0.15, 0.2) is 12.1 Å². The van der Waals surface area contributed by atoms with Gasteiger partial charge in [0.2, 0.25) is 0 Å². The van der Waals surface area contributed by atoms with Crippen LogP contribution in [-0.2, 0) is 4.79 Å². The van der Waals surface area contributed by atoms with Crippen LogP contribution < -0.4 is 10.4 Å². The molecule has 21 heavy (non-hydrogen) atoms. The van der Waals surface area contributed by atoms with E-state index in [1.54, 1.807) is 6.92 Å². The molecule has 6 nitrogen and oxygen atoms in total. The maximum Gasteiger partial charge on any atom is 0.332 e. The van der Waals surface area contributed by atoms with Gasteiger partial charge in [-0.05, 0) is 31.0 Å². The standard InChI is InChI=1S/C14H12BN3O3/c1-7-9(3-2-8(6-16)11(7)15)18-13(20)12-10(19)4-5-17(12)14(18)21/h2-3,10,12,19H,4-5H2,1H3/t10?,12-/m0/s1. The van der Waals surface area contributed by atoms with Gasteiger partial charge in [-0.2, -0.15) is 5.26 Å². The largest absolute Gasteiger partial charge is 0.390 e. The molecule has 2 saturated heterocycles. The Labute approximate surface area is 123 Å². The first kappa shape index (κ1) is 13.6. The Bertz CT molecular complexity index is 697. The summed E-state index contributed by atoms with van der Waals surface area (Å²) in [5.41, 5.74) is 1.42. The van der Waals surface area contributed by atoms with E-state index in [0.29, 0.717) is 29.8 Å². The second-order valence-corrected chi connectivity index (χ2v) is 5.23. The van der Waals surface area contributed by atoms with Gasteiger partial charge in [0.1, 0.15) is 13.9 Å². The van der Waals surface area contributed by atoms with Crippen molar-refractivity contribution >= 4 is 30.9 Å². The summed E-state index contributed by atoms with van der Waals surface area (Å²) in [6.07, 6.45) is -0.424. The lowest BCUT2D eigenvalue weighted by molar-refractivity contribution is -0.121. The van der Waals surface area contributed by atoms with E-state index in [1.807, 2.05) is 6.07 Å². The number of aliphatic hydroxyl groups excluding tert-OH is 1. The molecule has 1 aromatic carbocycles. The van der Waals surface area contributed by atoms with Gasteiger partial charge in [-0.1, -0.05) is 5.46 Å². The smallest absolute Gasteiger partial charge is 0.332 e. The minimum Gasteiger partial charge on any atom is -0.390 e. The van der Waals surface area contributed by atoms with Gasteiger partial charge in [-0.3, -0.25) is 4.79 Å². The monoisotopic (exact) mass is 281 g/mol. The second kappa shape index (κ2) is 4.60. The fourth-order valence-electron chi connectivity index (χ4n) is 2.92. The highest BCUT2D eigenvalue weighted by Crippen LogP contribution is 2.32. The number of urea groups is 1. The number of carbonyl (C=O) groups excluding carboxylic acids is 2. The van der Waals surface area contributed by atoms with Gasteiger partial charge in [-0.15, -0.1) is 0 Å². The molecule has 2 aliphatic rings. The van der Waals surface area contributed by atoms with Crippen molar-refractivity contribution < 1.29 is 14.7 Å². The molecular weight excluding hydrogens is 269 g/mol. The molecule has 0 bridgehead atoms. The summed E-state index contributed by atoms with van der Waals surface area (Å²) < 4.78 is 0. The highest BCUT2D eigenvalue weighted by molar-refractivity contribution is 6.36. The van der Waals surface area contributed by atoms with Gasteiger partial charge < -0.3 is 10.0 Å². The van der Waals surface area contributed by atoms with Crippen LogP contribution in [-0.4, -0.2) is 48.5 Å². The molecule has 0 aromatic heterocycles. The zero-order valence-corrected chi connectivity index (χ0v) is 11.4. The van der Waals surface area contributed by atoms with E-state index in [9.17, 15) is 14.7 Å². The quantitative estimate of drug-likeness (QED) is 0.558. The van der Waals surface area contributed by atoms with Crippen LogP contribution in [0, 0.1) is 18.3 Å². The van der Waals surface area contributed by atoms with Crippen molar-refractivity contribution in [3.63, 3.8) is 0 Å². The van der Waals surface area contributed by atoms with Crippen LogP contribution in [0.25, 0.3) is 0 Å². The van der Waals surface area contributed by atoms with Gasteiger partial charge in [0.25, 0.3) is 5.91 Å². The summed E-state index contributed by atoms with van der Waals surface area (Å²) in [5, 5.41) is 18.8. The minimum absolute atomic E-state index is 0.253. The average Bonchev–Trinajstić information content (AvgIpc) is 2.95. The molecule has 3 rings (SSSR count). The molecule has 1 aromatic rings. The zero-order valence-electron chi connectivity index (χ0n) is 11.4. The van der Waals surface area contributed by atoms with Gasteiger partial charge in [0.15, 0.2) is 0 Å². The fraction of sp³-hybridized carbons (Fsp3) is 0.357. The maximum atomic E-state index is 12.4. The first-order valence-electron chi connectivity index (χ1n) is 6.59. The molecule has 3 amide bonds. The van der Waals surface area contributed by atoms with Gasteiger partial charge in [-0.25, -0.2) is 9.69 Å². The molecule has 0 saturated carbocycles. The molecule has 2 heterocycles. The van der Waals surface area contributed by atoms with E-state index in [4.69, 9.17) is 13.1 Å². The SMILES string of the molecule is [B]c1c(C#N)ccc(N2C(=O)[C@@H]3C(O)CCN3C2=O)c1C. The first-order valence-corrected chi connectivity index (χ1v) is 6.59. The topological polar surface area (TPSA) is 84.6 Å². The Hall–Kier alpha value is -2.33. The van der Waals surface area contributed by atoms with Crippen LogP contribution in [0.3, 0.4) is 0 Å². The summed E-state index contributed by atoms with van der Waals surface area (Å²) in [6.45, 7) is 2.02. The highest BCUT2D eigenvalue weighted by atomic mass is 16.3. The summed E-state index contributed by atoms with van der Waals surface area (Å²) in [6, 6.07) is 3.72. The summed E-state index contributed by atoms with van der Waals surface area (Å²) in [5.74, 6) is -0.447. The summed E-state index contributed by atoms with van der Waals surface area (Å²) >= 11 is 0. The predicted molar refractivity (Wildman–Crippen MR) is 75.3 cm³/mol. The van der Waals surface area contributed by atoms with Crippen LogP contribution in [0.5, 0.6) is 0 Å². The van der Waals surface area contributed by atoms with Crippen LogP contribution in [0.1, 0.15) is 17.5 Å². The van der Waals surface area contributed by atoms with Gasteiger partial charge >= 0.3 is 6.03 Å². The lowest BCUT2D eigenvalue weighted by atomic mass is 9.85. The third-order valence-corrected chi connectivity index (χ3v) is 4.12. The zero-order chi connectivity index (χ0) is 15.3. The highest BCUT2D eigenvalue weighted by Gasteiger charge is 2.52. The Morgan fingerprint density at radius 2 is 2.14 bits per heavy atom. The number of anilines is 1. The lowest BCUT2D eigenvalue weighted by Crippen LogP contribution is -2.37. The van der Waals surface area contributed by atoms with Crippen molar-refractivity contribution in [3.8, 4) is 6.07 Å². The second-order valence-electron chi connectivity index (χ2n) is 5.23. The summed E-state index contributed by atoms with van der Waals surface area (Å²) in [7, 11) is 5.86. The van der Waals surface area contributed by atoms with Crippen molar-refractivity contribution in [1.29, 1.82) is 5.26 Å². The van der Waals surface area contributed by atoms with E-state index < -0.39 is 24.1 Å². The molecular formula is C14H12BN3O3. The van der Waals surface area contributed by atoms with E-state index >= 15 is 0 Å². The number of hydrogen-bond acceptors (Lipinski definition) is 4. The molecule has 7 heteroatoms. The fourth-order valence-corrected chi connectivity index (χ4v) is 2.92. The third-order valence-electron chi connectivity index (χ3n) is 4.12. The van der Waals surface area contributed by atoms with E-state index in [2.05, 4.69) is 0 Å². The molecule has 2 aliphatic heterocycles. The lowest BCUT2D eigenvalue weighted by Gasteiger charge is -2.19. The van der Waals surface area contributed by atoms with Crippen LogP contribution in [0.2, 0.25) is 0 Å². The third kappa shape index (κ3) is 1.76. The molecule has 0 spiro atoms. The number of amides is 3. The number of imide groups is 1. The molecule has 2 radical (unpaired) electrons. The van der Waals surface area contributed by atoms with Crippen molar-refractivity contribution in [1.82, 2.24) is 4.90 Å². The number of aliphatic hydroxyl groups is 1. The number of nitriles is 1. The number of hydrogen-bond donors (Lipinski definition) is 1. The molecule has 1 unspecified atom stereocenters. The van der Waals surface area contributed by atoms with Gasteiger partial charge in [0, 0.05) is 12.1 Å². The Morgan fingerprint density at radius 3 is 2.76 bits per heavy atom. The van der Waals surface area contributed by atoms with Crippen molar-refractivity contribution in [2.45, 2.75) is 25.5 Å². The van der Waals surface area contributed by atoms with Crippen molar-refractivity contribution in [3.05, 3.63) is 23.3 Å². The van der Waals surface area contributed by atoms with Gasteiger partial charge in [0.05, 0.1) is 17.9 Å². The summed E-state index contributed by atoms with van der Waals surface area (Å²) in [4.78, 5) is 27.2. The molecule has 104 valence electrons. The first-order chi connectivity index (χ1) is 9.97. The number of carbonyl (C=O) groups is 2. The number of rotatable bonds is 1. The molecule has 2 atom stereocenters. The Kier molecular flexibility index (Phi) is 2.99. The van der Waals surface area contributed by atoms with E-state index in [0.717, 1.165) is 4.90 Å². The van der Waals surface area contributed by atoms with E-state index in [1.165, 1.54) is 17.0 Å². The maximum absolute atomic E-state index is 12.4. The van der Waals surface area contributed by atoms with Crippen molar-refractivity contribution in [2.24, 2.45) is 0 Å². The van der Waals surface area contributed by atoms with Crippen molar-refractivity contribution in [2.75, 3.05) is 11.4 Å². The van der Waals surface area contributed by atoms with E-state index in [-0.39, 0.29) is 5.46 Å². The van der Waals surface area contributed by atoms with Crippen LogP contribution >= 0.6 is 0 Å². The number of benzene rings is 1. The predicted octanol–water partition coefficient (Wildman–Crippen LogP) is -0.438. The Balaban J connectivity index is 2.07. The molecule has 0 aliphatic carbocycles. The molecule has 2 fully saturated rings. The normalized spacial score (nSPS) is 24.4. The number of fused-ring (bicyclic) bond motifs is 1. The molecule has 1 N–H and O–H groups in total. The number of nitrogens with zero attached hydrogens (tertiary/aromatic N) is 3.